The molecule has 0 bridgehead atoms. The molecule has 86 valence electrons. The van der Waals surface area contributed by atoms with Gasteiger partial charge in [-0.3, -0.25) is 0 Å². The fourth-order valence-corrected chi connectivity index (χ4v) is 1.54. The first-order valence-corrected chi connectivity index (χ1v) is 5.14. The van der Waals surface area contributed by atoms with Crippen molar-refractivity contribution in [3.8, 4) is 23.3 Å². The van der Waals surface area contributed by atoms with Gasteiger partial charge in [0.25, 0.3) is 0 Å². The SMILES string of the molecule is CC#Cc1cc(OC)c(CCN)cc1OC. The summed E-state index contributed by atoms with van der Waals surface area (Å²) in [5.41, 5.74) is 7.43. The van der Waals surface area contributed by atoms with Crippen molar-refractivity contribution >= 4 is 0 Å². The molecule has 0 amide bonds. The lowest BCUT2D eigenvalue weighted by atomic mass is 10.1. The van der Waals surface area contributed by atoms with Crippen LogP contribution in [0.2, 0.25) is 0 Å². The second kappa shape index (κ2) is 6.04. The van der Waals surface area contributed by atoms with Gasteiger partial charge < -0.3 is 15.2 Å². The molecule has 16 heavy (non-hydrogen) atoms. The summed E-state index contributed by atoms with van der Waals surface area (Å²) in [6.07, 6.45) is 0.763. The van der Waals surface area contributed by atoms with Crippen LogP contribution in [0.4, 0.5) is 0 Å². The number of benzene rings is 1. The molecule has 0 unspecified atom stereocenters. The predicted octanol–water partition coefficient (Wildman–Crippen LogP) is 1.58. The van der Waals surface area contributed by atoms with Crippen molar-refractivity contribution in [2.24, 2.45) is 5.73 Å². The molecule has 3 nitrogen and oxygen atoms in total. The Morgan fingerprint density at radius 3 is 2.38 bits per heavy atom. The topological polar surface area (TPSA) is 44.5 Å². The highest BCUT2D eigenvalue weighted by Gasteiger charge is 2.09. The number of hydrogen-bond acceptors (Lipinski definition) is 3. The van der Waals surface area contributed by atoms with E-state index in [2.05, 4.69) is 11.8 Å². The standard InChI is InChI=1S/C13H17NO2/c1-4-5-10-8-13(16-3)11(6-7-14)9-12(10)15-2/h8-9H,6-7,14H2,1-3H3. The van der Waals surface area contributed by atoms with E-state index >= 15 is 0 Å². The highest BCUT2D eigenvalue weighted by molar-refractivity contribution is 5.53. The maximum Gasteiger partial charge on any atom is 0.135 e. The minimum Gasteiger partial charge on any atom is -0.496 e. The summed E-state index contributed by atoms with van der Waals surface area (Å²) in [5.74, 6) is 7.41. The summed E-state index contributed by atoms with van der Waals surface area (Å²) in [6, 6.07) is 3.83. The lowest BCUT2D eigenvalue weighted by Crippen LogP contribution is -2.05. The molecule has 0 aliphatic heterocycles. The molecular weight excluding hydrogens is 202 g/mol. The van der Waals surface area contributed by atoms with Gasteiger partial charge in [-0.05, 0) is 37.6 Å². The van der Waals surface area contributed by atoms with Gasteiger partial charge in [0.2, 0.25) is 0 Å². The first kappa shape index (κ1) is 12.4. The normalized spacial score (nSPS) is 9.25. The van der Waals surface area contributed by atoms with Gasteiger partial charge in [-0.2, -0.15) is 0 Å². The third kappa shape index (κ3) is 2.68. The van der Waals surface area contributed by atoms with Crippen molar-refractivity contribution in [2.75, 3.05) is 20.8 Å². The van der Waals surface area contributed by atoms with E-state index in [-0.39, 0.29) is 0 Å². The monoisotopic (exact) mass is 219 g/mol. The quantitative estimate of drug-likeness (QED) is 0.782. The van der Waals surface area contributed by atoms with E-state index in [0.717, 1.165) is 29.0 Å². The summed E-state index contributed by atoms with van der Waals surface area (Å²) in [7, 11) is 3.28. The van der Waals surface area contributed by atoms with Crippen LogP contribution in [0, 0.1) is 11.8 Å². The van der Waals surface area contributed by atoms with Crippen LogP contribution in [0.15, 0.2) is 12.1 Å². The molecule has 0 radical (unpaired) electrons. The van der Waals surface area contributed by atoms with Gasteiger partial charge in [0.1, 0.15) is 11.5 Å². The number of nitrogens with two attached hydrogens (primary N) is 1. The van der Waals surface area contributed by atoms with Crippen LogP contribution >= 0.6 is 0 Å². The molecule has 0 saturated heterocycles. The van der Waals surface area contributed by atoms with Gasteiger partial charge in [-0.15, -0.1) is 5.92 Å². The van der Waals surface area contributed by atoms with E-state index in [1.54, 1.807) is 21.1 Å². The second-order valence-corrected chi connectivity index (χ2v) is 3.28. The van der Waals surface area contributed by atoms with Crippen LogP contribution in [0.5, 0.6) is 11.5 Å². The molecule has 0 atom stereocenters. The van der Waals surface area contributed by atoms with Crippen LogP contribution in [-0.4, -0.2) is 20.8 Å². The highest BCUT2D eigenvalue weighted by Crippen LogP contribution is 2.28. The van der Waals surface area contributed by atoms with Gasteiger partial charge in [-0.25, -0.2) is 0 Å². The Hall–Kier alpha value is -1.66. The Labute approximate surface area is 96.6 Å². The van der Waals surface area contributed by atoms with Crippen LogP contribution in [-0.2, 0) is 6.42 Å². The Morgan fingerprint density at radius 1 is 1.19 bits per heavy atom. The Kier molecular flexibility index (Phi) is 4.68. The largest absolute Gasteiger partial charge is 0.496 e. The number of methoxy groups -OCH3 is 2. The van der Waals surface area contributed by atoms with Gasteiger partial charge >= 0.3 is 0 Å². The lowest BCUT2D eigenvalue weighted by molar-refractivity contribution is 0.398. The third-order valence-electron chi connectivity index (χ3n) is 2.28. The Morgan fingerprint density at radius 2 is 1.88 bits per heavy atom. The second-order valence-electron chi connectivity index (χ2n) is 3.28. The van der Waals surface area contributed by atoms with Crippen molar-refractivity contribution in [3.05, 3.63) is 23.3 Å². The zero-order chi connectivity index (χ0) is 12.0. The van der Waals surface area contributed by atoms with Gasteiger partial charge in [0.05, 0.1) is 19.8 Å². The van der Waals surface area contributed by atoms with Crippen molar-refractivity contribution in [1.29, 1.82) is 0 Å². The molecule has 0 spiro atoms. The van der Waals surface area contributed by atoms with Gasteiger partial charge in [0.15, 0.2) is 0 Å². The van der Waals surface area contributed by atoms with Crippen LogP contribution < -0.4 is 15.2 Å². The highest BCUT2D eigenvalue weighted by atomic mass is 16.5. The predicted molar refractivity (Wildman–Crippen MR) is 64.9 cm³/mol. The summed E-state index contributed by atoms with van der Waals surface area (Å²) < 4.78 is 10.6. The van der Waals surface area contributed by atoms with E-state index < -0.39 is 0 Å². The molecule has 0 aromatic heterocycles. The summed E-state index contributed by atoms with van der Waals surface area (Å²) in [4.78, 5) is 0. The molecule has 0 fully saturated rings. The average Bonchev–Trinajstić information content (AvgIpc) is 2.31. The average molecular weight is 219 g/mol. The van der Waals surface area contributed by atoms with Gasteiger partial charge in [0, 0.05) is 0 Å². The van der Waals surface area contributed by atoms with Gasteiger partial charge in [-0.1, -0.05) is 5.92 Å². The van der Waals surface area contributed by atoms with Crippen molar-refractivity contribution in [3.63, 3.8) is 0 Å². The van der Waals surface area contributed by atoms with Crippen molar-refractivity contribution in [1.82, 2.24) is 0 Å². The number of rotatable bonds is 4. The molecule has 2 N–H and O–H groups in total. The lowest BCUT2D eigenvalue weighted by Gasteiger charge is -2.11. The number of ether oxygens (including phenoxy) is 2. The summed E-state index contributed by atoms with van der Waals surface area (Å²) >= 11 is 0. The Balaban J connectivity index is 3.26. The van der Waals surface area contributed by atoms with Crippen LogP contribution in [0.25, 0.3) is 0 Å². The fraction of sp³-hybridized carbons (Fsp3) is 0.385. The fourth-order valence-electron chi connectivity index (χ4n) is 1.54. The molecule has 1 aromatic rings. The van der Waals surface area contributed by atoms with Crippen LogP contribution in [0.1, 0.15) is 18.1 Å². The molecule has 1 rings (SSSR count). The first-order chi connectivity index (χ1) is 7.76. The first-order valence-electron chi connectivity index (χ1n) is 5.14. The van der Waals surface area contributed by atoms with Crippen LogP contribution in [0.3, 0.4) is 0 Å². The molecule has 0 saturated carbocycles. The van der Waals surface area contributed by atoms with E-state index in [9.17, 15) is 0 Å². The maximum atomic E-state index is 5.55. The minimum absolute atomic E-state index is 0.582. The molecule has 0 aliphatic carbocycles. The van der Waals surface area contributed by atoms with E-state index in [1.165, 1.54) is 0 Å². The molecule has 0 heterocycles. The van der Waals surface area contributed by atoms with E-state index in [0.29, 0.717) is 6.54 Å². The molecule has 0 aliphatic rings. The molecular formula is C13H17NO2. The third-order valence-corrected chi connectivity index (χ3v) is 2.28. The molecule has 3 heteroatoms. The Bertz CT molecular complexity index is 416. The zero-order valence-corrected chi connectivity index (χ0v) is 9.96. The molecule has 1 aromatic carbocycles. The maximum absolute atomic E-state index is 5.55. The van der Waals surface area contributed by atoms with E-state index in [4.69, 9.17) is 15.2 Å². The zero-order valence-electron chi connectivity index (χ0n) is 9.96. The minimum atomic E-state index is 0.582. The summed E-state index contributed by atoms with van der Waals surface area (Å²) in [5, 5.41) is 0. The smallest absolute Gasteiger partial charge is 0.135 e. The van der Waals surface area contributed by atoms with E-state index in [1.807, 2.05) is 12.1 Å². The van der Waals surface area contributed by atoms with Crippen molar-refractivity contribution in [2.45, 2.75) is 13.3 Å². The summed E-state index contributed by atoms with van der Waals surface area (Å²) in [6.45, 7) is 2.37. The number of hydrogen-bond donors (Lipinski definition) is 1. The van der Waals surface area contributed by atoms with Crippen molar-refractivity contribution < 1.29 is 9.47 Å².